The molecular formula is C15H20N2O3. The smallest absolute Gasteiger partial charge is 0.336 e. The number of carboxylic acids is 1. The molecule has 1 aromatic carbocycles. The van der Waals surface area contributed by atoms with Gasteiger partial charge in [-0.15, -0.1) is 0 Å². The summed E-state index contributed by atoms with van der Waals surface area (Å²) in [6, 6.07) is 4.95. The number of aryl methyl sites for hydroxylation is 1. The topological polar surface area (TPSA) is 78.4 Å². The van der Waals surface area contributed by atoms with Gasteiger partial charge in [0.1, 0.15) is 0 Å². The minimum atomic E-state index is -0.982. The summed E-state index contributed by atoms with van der Waals surface area (Å²) in [5.74, 6) is -1.05. The molecule has 1 atom stereocenters. The maximum Gasteiger partial charge on any atom is 0.336 e. The van der Waals surface area contributed by atoms with Gasteiger partial charge in [0.05, 0.1) is 11.0 Å². The maximum absolute atomic E-state index is 12.4. The third-order valence-electron chi connectivity index (χ3n) is 3.87. The minimum absolute atomic E-state index is 0.0649. The Morgan fingerprint density at radius 2 is 2.15 bits per heavy atom. The highest BCUT2D eigenvalue weighted by molar-refractivity contribution is 5.97. The van der Waals surface area contributed by atoms with Crippen LogP contribution in [0.3, 0.4) is 0 Å². The Hall–Kier alpha value is -1.88. The molecule has 0 aliphatic carbocycles. The van der Waals surface area contributed by atoms with Gasteiger partial charge >= 0.3 is 5.97 Å². The predicted octanol–water partition coefficient (Wildman–Crippen LogP) is 2.02. The molecule has 1 amide bonds. The lowest BCUT2D eigenvalue weighted by Crippen LogP contribution is -2.46. The number of nitrogens with one attached hydrogen (secondary N) is 2. The van der Waals surface area contributed by atoms with Crippen molar-refractivity contribution in [2.75, 3.05) is 18.4 Å². The fourth-order valence-electron chi connectivity index (χ4n) is 2.46. The lowest BCUT2D eigenvalue weighted by molar-refractivity contribution is -0.125. The van der Waals surface area contributed by atoms with Gasteiger partial charge in [-0.2, -0.15) is 0 Å². The van der Waals surface area contributed by atoms with Gasteiger partial charge in [0.25, 0.3) is 0 Å². The molecule has 1 saturated heterocycles. The maximum atomic E-state index is 12.4. The van der Waals surface area contributed by atoms with Crippen molar-refractivity contribution in [3.63, 3.8) is 0 Å². The van der Waals surface area contributed by atoms with Gasteiger partial charge < -0.3 is 15.7 Å². The number of anilines is 1. The number of amides is 1. The van der Waals surface area contributed by atoms with E-state index in [2.05, 4.69) is 10.6 Å². The zero-order valence-electron chi connectivity index (χ0n) is 11.8. The molecule has 0 spiro atoms. The van der Waals surface area contributed by atoms with E-state index >= 15 is 0 Å². The van der Waals surface area contributed by atoms with E-state index in [9.17, 15) is 9.59 Å². The number of rotatable bonds is 3. The SMILES string of the molecule is Cc1ccc(NC(=O)C2(C)CCCNC2)cc1C(=O)O. The Morgan fingerprint density at radius 1 is 1.40 bits per heavy atom. The van der Waals surface area contributed by atoms with E-state index < -0.39 is 11.4 Å². The van der Waals surface area contributed by atoms with Gasteiger partial charge in [-0.3, -0.25) is 4.79 Å². The van der Waals surface area contributed by atoms with E-state index in [4.69, 9.17) is 5.11 Å². The first kappa shape index (κ1) is 14.5. The molecule has 1 heterocycles. The number of carbonyl (C=O) groups is 2. The minimum Gasteiger partial charge on any atom is -0.478 e. The van der Waals surface area contributed by atoms with E-state index in [0.717, 1.165) is 19.4 Å². The molecule has 2 rings (SSSR count). The van der Waals surface area contributed by atoms with Crippen molar-refractivity contribution in [1.29, 1.82) is 0 Å². The largest absolute Gasteiger partial charge is 0.478 e. The average molecular weight is 276 g/mol. The molecular weight excluding hydrogens is 256 g/mol. The first-order valence-corrected chi connectivity index (χ1v) is 6.78. The quantitative estimate of drug-likeness (QED) is 0.789. The van der Waals surface area contributed by atoms with Crippen LogP contribution in [0.15, 0.2) is 18.2 Å². The van der Waals surface area contributed by atoms with Crippen LogP contribution in [-0.2, 0) is 4.79 Å². The summed E-state index contributed by atoms with van der Waals surface area (Å²) in [6.45, 7) is 5.26. The number of carbonyl (C=O) groups excluding carboxylic acids is 1. The molecule has 1 fully saturated rings. The number of piperidine rings is 1. The summed E-state index contributed by atoms with van der Waals surface area (Å²) in [5, 5.41) is 15.2. The third-order valence-corrected chi connectivity index (χ3v) is 3.87. The Morgan fingerprint density at radius 3 is 2.75 bits per heavy atom. The van der Waals surface area contributed by atoms with E-state index in [1.54, 1.807) is 19.1 Å². The molecule has 0 bridgehead atoms. The Kier molecular flexibility index (Phi) is 4.09. The second kappa shape index (κ2) is 5.63. The summed E-state index contributed by atoms with van der Waals surface area (Å²) in [5.41, 5.74) is 0.993. The zero-order chi connectivity index (χ0) is 14.8. The molecule has 1 aromatic rings. The highest BCUT2D eigenvalue weighted by atomic mass is 16.4. The summed E-state index contributed by atoms with van der Waals surface area (Å²) < 4.78 is 0. The van der Waals surface area contributed by atoms with Crippen molar-refractivity contribution in [3.05, 3.63) is 29.3 Å². The fourth-order valence-corrected chi connectivity index (χ4v) is 2.46. The van der Waals surface area contributed by atoms with Crippen molar-refractivity contribution in [2.24, 2.45) is 5.41 Å². The first-order valence-electron chi connectivity index (χ1n) is 6.78. The first-order chi connectivity index (χ1) is 9.42. The summed E-state index contributed by atoms with van der Waals surface area (Å²) in [4.78, 5) is 23.5. The third kappa shape index (κ3) is 2.99. The van der Waals surface area contributed by atoms with E-state index in [1.807, 2.05) is 6.92 Å². The molecule has 5 nitrogen and oxygen atoms in total. The number of hydrogen-bond acceptors (Lipinski definition) is 3. The summed E-state index contributed by atoms with van der Waals surface area (Å²) >= 11 is 0. The van der Waals surface area contributed by atoms with Crippen molar-refractivity contribution in [2.45, 2.75) is 26.7 Å². The van der Waals surface area contributed by atoms with Crippen LogP contribution in [0.5, 0.6) is 0 Å². The summed E-state index contributed by atoms with van der Waals surface area (Å²) in [6.07, 6.45) is 1.81. The normalized spacial score (nSPS) is 22.3. The van der Waals surface area contributed by atoms with Crippen LogP contribution >= 0.6 is 0 Å². The molecule has 1 aliphatic rings. The lowest BCUT2D eigenvalue weighted by atomic mass is 9.82. The second-order valence-electron chi connectivity index (χ2n) is 5.63. The Balaban J connectivity index is 2.15. The molecule has 0 aromatic heterocycles. The van der Waals surface area contributed by atoms with Gasteiger partial charge in [0, 0.05) is 12.2 Å². The highest BCUT2D eigenvalue weighted by Crippen LogP contribution is 2.27. The predicted molar refractivity (Wildman–Crippen MR) is 77.0 cm³/mol. The van der Waals surface area contributed by atoms with E-state index in [-0.39, 0.29) is 11.5 Å². The van der Waals surface area contributed by atoms with Crippen LogP contribution in [-0.4, -0.2) is 30.1 Å². The Labute approximate surface area is 118 Å². The van der Waals surface area contributed by atoms with Crippen LogP contribution < -0.4 is 10.6 Å². The molecule has 0 saturated carbocycles. The molecule has 20 heavy (non-hydrogen) atoms. The van der Waals surface area contributed by atoms with Crippen LogP contribution in [0.25, 0.3) is 0 Å². The molecule has 3 N–H and O–H groups in total. The molecule has 0 radical (unpaired) electrons. The van der Waals surface area contributed by atoms with Gasteiger partial charge in [-0.1, -0.05) is 6.07 Å². The molecule has 1 unspecified atom stereocenters. The molecule has 5 heteroatoms. The monoisotopic (exact) mass is 276 g/mol. The van der Waals surface area contributed by atoms with Crippen LogP contribution in [0, 0.1) is 12.3 Å². The highest BCUT2D eigenvalue weighted by Gasteiger charge is 2.34. The summed E-state index contributed by atoms with van der Waals surface area (Å²) in [7, 11) is 0. The molecule has 108 valence electrons. The Bertz CT molecular complexity index is 534. The number of aromatic carboxylic acids is 1. The van der Waals surface area contributed by atoms with Gasteiger partial charge in [-0.25, -0.2) is 4.79 Å². The van der Waals surface area contributed by atoms with Gasteiger partial charge in [0.15, 0.2) is 0 Å². The lowest BCUT2D eigenvalue weighted by Gasteiger charge is -2.32. The van der Waals surface area contributed by atoms with Gasteiger partial charge in [0.2, 0.25) is 5.91 Å². The van der Waals surface area contributed by atoms with Crippen molar-refractivity contribution in [3.8, 4) is 0 Å². The van der Waals surface area contributed by atoms with Crippen molar-refractivity contribution >= 4 is 17.6 Å². The fraction of sp³-hybridized carbons (Fsp3) is 0.467. The zero-order valence-corrected chi connectivity index (χ0v) is 11.8. The number of carboxylic acid groups (broad SMARTS) is 1. The van der Waals surface area contributed by atoms with Crippen LogP contribution in [0.2, 0.25) is 0 Å². The van der Waals surface area contributed by atoms with Crippen molar-refractivity contribution < 1.29 is 14.7 Å². The standard InChI is InChI=1S/C15H20N2O3/c1-10-4-5-11(8-12(10)13(18)19)17-14(20)15(2)6-3-7-16-9-15/h4-5,8,16H,3,6-7,9H2,1-2H3,(H,17,20)(H,18,19). The van der Waals surface area contributed by atoms with Gasteiger partial charge in [-0.05, 0) is 50.9 Å². The average Bonchev–Trinajstić information content (AvgIpc) is 2.41. The van der Waals surface area contributed by atoms with Crippen molar-refractivity contribution in [1.82, 2.24) is 5.32 Å². The number of benzene rings is 1. The molecule has 1 aliphatic heterocycles. The van der Waals surface area contributed by atoms with E-state index in [0.29, 0.717) is 17.8 Å². The number of hydrogen-bond donors (Lipinski definition) is 3. The van der Waals surface area contributed by atoms with Crippen LogP contribution in [0.1, 0.15) is 35.7 Å². The van der Waals surface area contributed by atoms with E-state index in [1.165, 1.54) is 6.07 Å². The van der Waals surface area contributed by atoms with Crippen LogP contribution in [0.4, 0.5) is 5.69 Å². The second-order valence-corrected chi connectivity index (χ2v) is 5.63.